The summed E-state index contributed by atoms with van der Waals surface area (Å²) in [7, 11) is 0. The molecular weight excluding hydrogens is 515 g/mol. The van der Waals surface area contributed by atoms with Crippen molar-refractivity contribution in [2.24, 2.45) is 10.8 Å². The third-order valence-corrected chi connectivity index (χ3v) is 8.45. The molecule has 0 amide bonds. The SMILES string of the molecule is CC1=C(C)C(C)(C2(CC(C)(C)C)C=Cc3ccc4c(c32)CCCC4)C(C)=C1C.[Hf]. The first-order valence-corrected chi connectivity index (χ1v) is 11.2. The van der Waals surface area contributed by atoms with Crippen molar-refractivity contribution in [3.8, 4) is 0 Å². The van der Waals surface area contributed by atoms with Crippen molar-refractivity contribution < 1.29 is 25.8 Å². The van der Waals surface area contributed by atoms with Crippen LogP contribution in [0.3, 0.4) is 0 Å². The Labute approximate surface area is 197 Å². The first-order valence-electron chi connectivity index (χ1n) is 11.2. The van der Waals surface area contributed by atoms with Crippen LogP contribution in [0.2, 0.25) is 0 Å². The van der Waals surface area contributed by atoms with Crippen LogP contribution in [0.5, 0.6) is 0 Å². The van der Waals surface area contributed by atoms with Crippen LogP contribution in [-0.2, 0) is 44.1 Å². The molecule has 0 nitrogen and oxygen atoms in total. The van der Waals surface area contributed by atoms with Crippen LogP contribution in [0.25, 0.3) is 6.08 Å². The van der Waals surface area contributed by atoms with E-state index in [4.69, 9.17) is 0 Å². The molecule has 0 saturated heterocycles. The van der Waals surface area contributed by atoms with Crippen LogP contribution in [0, 0.1) is 10.8 Å². The van der Waals surface area contributed by atoms with Crippen LogP contribution in [0.1, 0.15) is 96.9 Å². The molecule has 0 radical (unpaired) electrons. The zero-order valence-electron chi connectivity index (χ0n) is 19.8. The van der Waals surface area contributed by atoms with Crippen LogP contribution < -0.4 is 0 Å². The monoisotopic (exact) mass is 554 g/mol. The summed E-state index contributed by atoms with van der Waals surface area (Å²) in [6, 6.07) is 4.83. The average molecular weight is 553 g/mol. The van der Waals surface area contributed by atoms with Gasteiger partial charge in [-0.25, -0.2) is 0 Å². The standard InChI is InChI=1S/C28H38.Hf/c1-18-19(2)21(4)27(8,20(18)3)28(17-26(5,6)7)16-15-23-14-13-22-11-9-10-12-24(22)25(23)28;/h13-16H,9-12,17H2,1-8H3;. The zero-order chi connectivity index (χ0) is 20.5. The number of rotatable bonds is 2. The van der Waals surface area contributed by atoms with E-state index in [9.17, 15) is 0 Å². The Bertz CT molecular complexity index is 908. The van der Waals surface area contributed by atoms with Gasteiger partial charge in [-0.3, -0.25) is 0 Å². The molecule has 3 aliphatic rings. The second-order valence-electron chi connectivity index (χ2n) is 11.0. The Balaban J connectivity index is 0.00000240. The minimum atomic E-state index is 0. The molecular formula is C28H38Hf. The first-order chi connectivity index (χ1) is 13.0. The van der Waals surface area contributed by atoms with Gasteiger partial charge in [-0.2, -0.15) is 0 Å². The van der Waals surface area contributed by atoms with E-state index in [2.05, 4.69) is 79.7 Å². The molecule has 0 saturated carbocycles. The van der Waals surface area contributed by atoms with Gasteiger partial charge in [-0.1, -0.05) is 63.1 Å². The molecule has 4 rings (SSSR count). The number of aryl methyl sites for hydroxylation is 1. The third-order valence-electron chi connectivity index (χ3n) is 8.45. The van der Waals surface area contributed by atoms with E-state index in [1.807, 2.05) is 0 Å². The molecule has 0 aliphatic heterocycles. The van der Waals surface area contributed by atoms with Crippen LogP contribution in [0.15, 0.2) is 40.5 Å². The molecule has 0 heterocycles. The molecule has 1 heteroatoms. The molecule has 0 aromatic heterocycles. The fraction of sp³-hybridized carbons (Fsp3) is 0.571. The van der Waals surface area contributed by atoms with Crippen molar-refractivity contribution in [3.05, 3.63) is 62.8 Å². The molecule has 154 valence electrons. The Hall–Kier alpha value is -0.690. The number of fused-ring (bicyclic) bond motifs is 3. The third kappa shape index (κ3) is 3.17. The van der Waals surface area contributed by atoms with Gasteiger partial charge < -0.3 is 0 Å². The van der Waals surface area contributed by atoms with Crippen molar-refractivity contribution in [2.75, 3.05) is 0 Å². The Morgan fingerprint density at radius 3 is 2.07 bits per heavy atom. The van der Waals surface area contributed by atoms with Gasteiger partial charge in [0.1, 0.15) is 0 Å². The van der Waals surface area contributed by atoms with Gasteiger partial charge in [0.15, 0.2) is 0 Å². The summed E-state index contributed by atoms with van der Waals surface area (Å²) in [5, 5.41) is 0. The quantitative estimate of drug-likeness (QED) is 0.326. The van der Waals surface area contributed by atoms with E-state index in [1.165, 1.54) is 48.8 Å². The molecule has 3 aliphatic carbocycles. The van der Waals surface area contributed by atoms with Crippen molar-refractivity contribution >= 4 is 6.08 Å². The molecule has 1 unspecified atom stereocenters. The summed E-state index contributed by atoms with van der Waals surface area (Å²) in [6.45, 7) is 19.3. The Morgan fingerprint density at radius 2 is 1.48 bits per heavy atom. The van der Waals surface area contributed by atoms with Gasteiger partial charge in [0.05, 0.1) is 0 Å². The normalized spacial score (nSPS) is 25.2. The summed E-state index contributed by atoms with van der Waals surface area (Å²) in [5.41, 5.74) is 13.0. The van der Waals surface area contributed by atoms with Crippen molar-refractivity contribution in [1.29, 1.82) is 0 Å². The predicted molar refractivity (Wildman–Crippen MR) is 123 cm³/mol. The fourth-order valence-corrected chi connectivity index (χ4v) is 6.67. The predicted octanol–water partition coefficient (Wildman–Crippen LogP) is 7.96. The molecule has 0 bridgehead atoms. The van der Waals surface area contributed by atoms with E-state index >= 15 is 0 Å². The largest absolute Gasteiger partial charge is 0.0721 e. The Morgan fingerprint density at radius 1 is 0.897 bits per heavy atom. The first kappa shape index (κ1) is 23.0. The molecule has 1 aromatic carbocycles. The molecule has 0 fully saturated rings. The minimum absolute atomic E-state index is 0. The number of hydrogen-bond acceptors (Lipinski definition) is 0. The van der Waals surface area contributed by atoms with Crippen LogP contribution in [-0.4, -0.2) is 0 Å². The topological polar surface area (TPSA) is 0 Å². The van der Waals surface area contributed by atoms with Gasteiger partial charge in [0.25, 0.3) is 0 Å². The fourth-order valence-electron chi connectivity index (χ4n) is 6.67. The van der Waals surface area contributed by atoms with E-state index in [0.717, 1.165) is 0 Å². The molecule has 0 N–H and O–H groups in total. The summed E-state index contributed by atoms with van der Waals surface area (Å²) >= 11 is 0. The summed E-state index contributed by atoms with van der Waals surface area (Å²) in [4.78, 5) is 0. The zero-order valence-corrected chi connectivity index (χ0v) is 23.4. The molecule has 1 aromatic rings. The maximum Gasteiger partial charge on any atom is 0.0277 e. The van der Waals surface area contributed by atoms with Gasteiger partial charge in [0.2, 0.25) is 0 Å². The van der Waals surface area contributed by atoms with E-state index in [0.29, 0.717) is 0 Å². The maximum absolute atomic E-state index is 2.61. The second kappa shape index (κ2) is 7.47. The van der Waals surface area contributed by atoms with Gasteiger partial charge in [-0.15, -0.1) is 0 Å². The molecule has 1 atom stereocenters. The van der Waals surface area contributed by atoms with E-state index in [1.54, 1.807) is 27.8 Å². The summed E-state index contributed by atoms with van der Waals surface area (Å²) in [6.07, 6.45) is 11.4. The van der Waals surface area contributed by atoms with Gasteiger partial charge in [-0.05, 0) is 98.6 Å². The van der Waals surface area contributed by atoms with Crippen LogP contribution >= 0.6 is 0 Å². The van der Waals surface area contributed by atoms with Crippen LogP contribution in [0.4, 0.5) is 0 Å². The smallest absolute Gasteiger partial charge is 0.0277 e. The maximum atomic E-state index is 2.61. The summed E-state index contributed by atoms with van der Waals surface area (Å²) in [5.74, 6) is 0. The average Bonchev–Trinajstić information content (AvgIpc) is 3.09. The number of hydrogen-bond donors (Lipinski definition) is 0. The van der Waals surface area contributed by atoms with E-state index < -0.39 is 0 Å². The van der Waals surface area contributed by atoms with Gasteiger partial charge in [0, 0.05) is 36.7 Å². The van der Waals surface area contributed by atoms with Crippen molar-refractivity contribution in [3.63, 3.8) is 0 Å². The summed E-state index contributed by atoms with van der Waals surface area (Å²) < 4.78 is 0. The Kier molecular flexibility index (Phi) is 5.92. The second-order valence-corrected chi connectivity index (χ2v) is 11.0. The van der Waals surface area contributed by atoms with Crippen molar-refractivity contribution in [1.82, 2.24) is 0 Å². The molecule has 0 spiro atoms. The minimum Gasteiger partial charge on any atom is -0.0721 e. The van der Waals surface area contributed by atoms with Crippen molar-refractivity contribution in [2.45, 2.75) is 92.9 Å². The molecule has 29 heavy (non-hydrogen) atoms. The van der Waals surface area contributed by atoms with Gasteiger partial charge >= 0.3 is 0 Å². The number of benzene rings is 1. The number of allylic oxidation sites excluding steroid dienone is 5. The van der Waals surface area contributed by atoms with E-state index in [-0.39, 0.29) is 42.1 Å².